The van der Waals surface area contributed by atoms with Gasteiger partial charge in [0, 0.05) is 18.9 Å². The molecule has 0 aliphatic heterocycles. The molecule has 0 saturated heterocycles. The number of ether oxygens (including phenoxy) is 1. The molecule has 0 atom stereocenters. The molecule has 2 aromatic carbocycles. The Morgan fingerprint density at radius 2 is 1.91 bits per heavy atom. The first-order chi connectivity index (χ1) is 15.2. The number of nitrogens with zero attached hydrogens (tertiary/aromatic N) is 2. The maximum absolute atomic E-state index is 13.3. The third kappa shape index (κ3) is 4.36. The van der Waals surface area contributed by atoms with Gasteiger partial charge in [0.25, 0.3) is 10.0 Å². The number of anilines is 1. The second-order valence-electron chi connectivity index (χ2n) is 7.91. The number of carboxylic acids is 1. The number of benzene rings is 2. The topological polar surface area (TPSA) is 140 Å². The van der Waals surface area contributed by atoms with Crippen molar-refractivity contribution in [2.75, 3.05) is 4.72 Å². The Morgan fingerprint density at radius 1 is 1.19 bits per heavy atom. The lowest BCUT2D eigenvalue weighted by Crippen LogP contribution is -2.33. The first-order valence-electron chi connectivity index (χ1n) is 9.91. The number of nitrogens with one attached hydrogen (secondary N) is 1. The molecule has 2 N–H and O–H groups in total. The number of carbonyl (C=O) groups is 1. The van der Waals surface area contributed by atoms with Crippen molar-refractivity contribution in [2.45, 2.75) is 42.6 Å². The summed E-state index contributed by atoms with van der Waals surface area (Å²) in [6.45, 7) is 0. The summed E-state index contributed by atoms with van der Waals surface area (Å²) in [5.41, 5.74) is 0.489. The normalized spacial score (nSPS) is 19.8. The summed E-state index contributed by atoms with van der Waals surface area (Å²) in [6, 6.07) is 10.8. The van der Waals surface area contributed by atoms with Crippen LogP contribution >= 0.6 is 11.6 Å². The second kappa shape index (κ2) is 8.34. The quantitative estimate of drug-likeness (QED) is 0.614. The van der Waals surface area contributed by atoms with Gasteiger partial charge < -0.3 is 9.84 Å². The SMILES string of the molecule is N#Cc1cc(NS(=O)(=O)c2cc(C(=O)O)ccc2C2CC2)c(O[C@H]2C[C@@H](C#N)C2)cc1Cl. The summed E-state index contributed by atoms with van der Waals surface area (Å²) in [7, 11) is -4.20. The molecule has 0 amide bonds. The largest absolute Gasteiger partial charge is 0.488 e. The maximum Gasteiger partial charge on any atom is 0.335 e. The summed E-state index contributed by atoms with van der Waals surface area (Å²) in [5.74, 6) is -1.16. The molecule has 32 heavy (non-hydrogen) atoms. The predicted molar refractivity (Wildman–Crippen MR) is 115 cm³/mol. The van der Waals surface area contributed by atoms with Crippen molar-refractivity contribution in [3.05, 3.63) is 52.0 Å². The van der Waals surface area contributed by atoms with E-state index in [2.05, 4.69) is 10.8 Å². The summed E-state index contributed by atoms with van der Waals surface area (Å²) >= 11 is 6.12. The molecule has 2 aromatic rings. The molecule has 0 heterocycles. The van der Waals surface area contributed by atoms with Gasteiger partial charge >= 0.3 is 5.97 Å². The minimum absolute atomic E-state index is 0.0221. The van der Waals surface area contributed by atoms with Crippen LogP contribution in [0.4, 0.5) is 5.69 Å². The molecule has 4 rings (SSSR count). The van der Waals surface area contributed by atoms with Crippen LogP contribution in [0, 0.1) is 28.6 Å². The van der Waals surface area contributed by atoms with Gasteiger partial charge in [0.05, 0.1) is 38.7 Å². The van der Waals surface area contributed by atoms with Crippen LogP contribution in [0.2, 0.25) is 5.02 Å². The zero-order valence-electron chi connectivity index (χ0n) is 16.7. The minimum Gasteiger partial charge on any atom is -0.488 e. The summed E-state index contributed by atoms with van der Waals surface area (Å²) in [5, 5.41) is 27.7. The Bertz CT molecular complexity index is 1290. The van der Waals surface area contributed by atoms with Crippen LogP contribution in [0.1, 0.15) is 53.1 Å². The Hall–Kier alpha value is -3.27. The molecule has 2 aliphatic carbocycles. The highest BCUT2D eigenvalue weighted by Gasteiger charge is 2.34. The van der Waals surface area contributed by atoms with Crippen LogP contribution in [-0.4, -0.2) is 25.6 Å². The van der Waals surface area contributed by atoms with Crippen LogP contribution < -0.4 is 9.46 Å². The number of carboxylic acid groups (broad SMARTS) is 1. The van der Waals surface area contributed by atoms with E-state index in [-0.39, 0.29) is 50.4 Å². The van der Waals surface area contributed by atoms with E-state index in [0.717, 1.165) is 18.9 Å². The van der Waals surface area contributed by atoms with E-state index in [1.807, 2.05) is 6.07 Å². The number of halogens is 1. The van der Waals surface area contributed by atoms with Crippen LogP contribution in [0.15, 0.2) is 35.2 Å². The van der Waals surface area contributed by atoms with Crippen molar-refractivity contribution in [2.24, 2.45) is 5.92 Å². The van der Waals surface area contributed by atoms with Gasteiger partial charge in [-0.1, -0.05) is 17.7 Å². The third-order valence-electron chi connectivity index (χ3n) is 5.57. The average Bonchev–Trinajstić information content (AvgIpc) is 3.56. The van der Waals surface area contributed by atoms with Crippen molar-refractivity contribution in [3.63, 3.8) is 0 Å². The second-order valence-corrected chi connectivity index (χ2v) is 9.97. The number of hydrogen-bond donors (Lipinski definition) is 2. The predicted octanol–water partition coefficient (Wildman–Crippen LogP) is 4.27. The van der Waals surface area contributed by atoms with Gasteiger partial charge in [-0.2, -0.15) is 10.5 Å². The van der Waals surface area contributed by atoms with Gasteiger partial charge in [-0.25, -0.2) is 13.2 Å². The highest BCUT2D eigenvalue weighted by Crippen LogP contribution is 2.44. The molecule has 10 heteroatoms. The maximum atomic E-state index is 13.3. The Labute approximate surface area is 190 Å². The lowest BCUT2D eigenvalue weighted by Gasteiger charge is -2.31. The smallest absolute Gasteiger partial charge is 0.335 e. The molecule has 2 fully saturated rings. The number of hydrogen-bond acceptors (Lipinski definition) is 6. The van der Waals surface area contributed by atoms with Crippen molar-refractivity contribution < 1.29 is 23.1 Å². The molecule has 0 spiro atoms. The number of rotatable bonds is 7. The zero-order valence-corrected chi connectivity index (χ0v) is 18.3. The van der Waals surface area contributed by atoms with Crippen LogP contribution in [-0.2, 0) is 10.0 Å². The first-order valence-corrected chi connectivity index (χ1v) is 11.8. The van der Waals surface area contributed by atoms with Crippen molar-refractivity contribution in [1.82, 2.24) is 0 Å². The third-order valence-corrected chi connectivity index (χ3v) is 7.31. The zero-order chi connectivity index (χ0) is 23.0. The molecule has 0 unspecified atom stereocenters. The number of aromatic carboxylic acids is 1. The fourth-order valence-corrected chi connectivity index (χ4v) is 5.18. The molecule has 0 radical (unpaired) electrons. The Balaban J connectivity index is 1.71. The van der Waals surface area contributed by atoms with Crippen molar-refractivity contribution in [1.29, 1.82) is 10.5 Å². The van der Waals surface area contributed by atoms with E-state index in [4.69, 9.17) is 21.6 Å². The van der Waals surface area contributed by atoms with E-state index < -0.39 is 16.0 Å². The molecular formula is C22H18ClN3O5S. The first kappa shape index (κ1) is 21.9. The Kier molecular flexibility index (Phi) is 5.72. The molecule has 164 valence electrons. The average molecular weight is 472 g/mol. The van der Waals surface area contributed by atoms with Gasteiger partial charge in [-0.3, -0.25) is 4.72 Å². The van der Waals surface area contributed by atoms with E-state index in [1.54, 1.807) is 0 Å². The molecule has 0 bridgehead atoms. The van der Waals surface area contributed by atoms with Gasteiger partial charge in [0.1, 0.15) is 17.9 Å². The van der Waals surface area contributed by atoms with E-state index in [0.29, 0.717) is 18.4 Å². The van der Waals surface area contributed by atoms with Crippen molar-refractivity contribution >= 4 is 33.3 Å². The van der Waals surface area contributed by atoms with Gasteiger partial charge in [0.15, 0.2) is 0 Å². The molecule has 2 saturated carbocycles. The highest BCUT2D eigenvalue weighted by atomic mass is 35.5. The lowest BCUT2D eigenvalue weighted by atomic mass is 9.83. The monoisotopic (exact) mass is 471 g/mol. The van der Waals surface area contributed by atoms with Crippen LogP contribution in [0.25, 0.3) is 0 Å². The molecular weight excluding hydrogens is 454 g/mol. The number of nitriles is 2. The van der Waals surface area contributed by atoms with Crippen molar-refractivity contribution in [3.8, 4) is 17.9 Å². The van der Waals surface area contributed by atoms with E-state index in [1.165, 1.54) is 24.3 Å². The minimum atomic E-state index is -4.20. The van der Waals surface area contributed by atoms with Gasteiger partial charge in [-0.05, 0) is 42.5 Å². The highest BCUT2D eigenvalue weighted by molar-refractivity contribution is 7.92. The van der Waals surface area contributed by atoms with Gasteiger partial charge in [0.2, 0.25) is 0 Å². The Morgan fingerprint density at radius 3 is 2.50 bits per heavy atom. The van der Waals surface area contributed by atoms with E-state index >= 15 is 0 Å². The summed E-state index contributed by atoms with van der Waals surface area (Å²) < 4.78 is 34.9. The molecule has 8 nitrogen and oxygen atoms in total. The summed E-state index contributed by atoms with van der Waals surface area (Å²) in [6.07, 6.45) is 2.39. The standard InChI is InChI=1S/C22H18ClN3O5S/c23-18-9-20(31-16-5-12(6-16)10-24)19(7-15(18)11-25)26-32(29,30)21-8-14(22(27)28)3-4-17(21)13-1-2-13/h3-4,7-9,12-13,16,26H,1-2,5-6H2,(H,27,28)/t12-,16+. The van der Waals surface area contributed by atoms with Gasteiger partial charge in [-0.15, -0.1) is 0 Å². The molecule has 2 aliphatic rings. The fourth-order valence-electron chi connectivity index (χ4n) is 3.60. The lowest BCUT2D eigenvalue weighted by molar-refractivity contribution is 0.0696. The van der Waals surface area contributed by atoms with E-state index in [9.17, 15) is 23.6 Å². The van der Waals surface area contributed by atoms with Crippen LogP contribution in [0.3, 0.4) is 0 Å². The summed E-state index contributed by atoms with van der Waals surface area (Å²) in [4.78, 5) is 11.3. The number of sulfonamides is 1. The molecule has 0 aromatic heterocycles. The fraction of sp³-hybridized carbons (Fsp3) is 0.318. The van der Waals surface area contributed by atoms with Crippen LogP contribution in [0.5, 0.6) is 5.75 Å².